The number of thiazole rings is 1. The summed E-state index contributed by atoms with van der Waals surface area (Å²) in [5.41, 5.74) is 4.65. The quantitative estimate of drug-likeness (QED) is 0.0732. The zero-order valence-corrected chi connectivity index (χ0v) is 36.6. The van der Waals surface area contributed by atoms with Crippen molar-refractivity contribution in [1.82, 2.24) is 4.98 Å². The highest BCUT2D eigenvalue weighted by Crippen LogP contribution is 2.46. The van der Waals surface area contributed by atoms with Crippen LogP contribution >= 0.6 is 11.3 Å². The van der Waals surface area contributed by atoms with Crippen LogP contribution in [0.25, 0.3) is 0 Å². The summed E-state index contributed by atoms with van der Waals surface area (Å²) in [6.45, 7) is 13.9. The monoisotopic (exact) mass is 847 g/mol. The standard InChI is InChI=1S/C47H61NO11S/c1-8-25(2)45(54)57-38-22-33(50)20-31-12-9-26(3)36(41(31)38)16-13-32(49)21-34(51)23-40(52)58-42-27(4)28(5)43-37(29(42)6)17-18-47(7,59-43)24-56-35-14-10-30(11-15-35)19-39-44(53)48-46(55)60-39/h9-12,14-15,20,25-26,32-34,36,38,41,49-51,53H,8,13,16-19,21-24H2,1-7H3,(H,48,55)/t25-,26-,32+,33+,34+,36-,38-,41-,47?/m0/s1. The van der Waals surface area contributed by atoms with Crippen molar-refractivity contribution >= 4 is 23.3 Å². The molecule has 0 saturated heterocycles. The van der Waals surface area contributed by atoms with E-state index in [-0.39, 0.29) is 53.2 Å². The van der Waals surface area contributed by atoms with Gasteiger partial charge in [0.25, 0.3) is 0 Å². The Bertz CT molecular complexity index is 2140. The Labute approximate surface area is 356 Å². The Morgan fingerprint density at radius 3 is 2.50 bits per heavy atom. The molecule has 2 aliphatic carbocycles. The number of aromatic nitrogens is 1. The number of esters is 2. The zero-order valence-electron chi connectivity index (χ0n) is 35.8. The second-order valence-corrected chi connectivity index (χ2v) is 18.5. The van der Waals surface area contributed by atoms with Crippen molar-refractivity contribution in [3.63, 3.8) is 0 Å². The lowest BCUT2D eigenvalue weighted by Crippen LogP contribution is -2.43. The molecule has 0 bridgehead atoms. The Morgan fingerprint density at radius 2 is 1.82 bits per heavy atom. The fraction of sp³-hybridized carbons (Fsp3) is 0.553. The van der Waals surface area contributed by atoms with Gasteiger partial charge in [-0.2, -0.15) is 0 Å². The second kappa shape index (κ2) is 19.1. The minimum Gasteiger partial charge on any atom is -0.494 e. The summed E-state index contributed by atoms with van der Waals surface area (Å²) in [7, 11) is 0. The first kappa shape index (κ1) is 45.1. The SMILES string of the molecule is CC[C@H](C)C(=O)O[C@H]1C[C@H](O)C=C2C=C[C@H](C)[C@H](CC[C@@H](O)C[C@@H](O)CC(=O)Oc3c(C)c(C)c4c(c3C)CCC(C)(COc3ccc(Cc5sc(=O)[nH]c5O)cc3)O4)[C@H]21. The van der Waals surface area contributed by atoms with Gasteiger partial charge in [0.1, 0.15) is 35.6 Å². The average Bonchev–Trinajstić information content (AvgIpc) is 3.52. The number of H-pyrrole nitrogens is 1. The number of allylic oxidation sites excluding steroid dienone is 2. The summed E-state index contributed by atoms with van der Waals surface area (Å²) in [5.74, 6) is 0.785. The number of aromatic hydroxyl groups is 1. The predicted molar refractivity (Wildman–Crippen MR) is 229 cm³/mol. The van der Waals surface area contributed by atoms with Crippen LogP contribution in [-0.4, -0.2) is 74.0 Å². The molecule has 6 rings (SSSR count). The predicted octanol–water partition coefficient (Wildman–Crippen LogP) is 7.10. The van der Waals surface area contributed by atoms with Crippen LogP contribution in [0.1, 0.15) is 105 Å². The highest BCUT2D eigenvalue weighted by molar-refractivity contribution is 7.09. The van der Waals surface area contributed by atoms with Gasteiger partial charge in [-0.05, 0) is 118 Å². The number of benzene rings is 2. The largest absolute Gasteiger partial charge is 0.494 e. The number of aliphatic hydroxyl groups excluding tert-OH is 3. The Hall–Kier alpha value is -4.43. The van der Waals surface area contributed by atoms with Crippen LogP contribution < -0.4 is 19.1 Å². The molecule has 2 aromatic carbocycles. The van der Waals surface area contributed by atoms with Crippen LogP contribution in [0.4, 0.5) is 0 Å². The maximum atomic E-state index is 13.3. The van der Waals surface area contributed by atoms with Gasteiger partial charge >= 0.3 is 16.8 Å². The molecule has 0 spiro atoms. The number of rotatable bonds is 16. The summed E-state index contributed by atoms with van der Waals surface area (Å²) < 4.78 is 24.7. The lowest BCUT2D eigenvalue weighted by molar-refractivity contribution is -0.159. The second-order valence-electron chi connectivity index (χ2n) is 17.4. The van der Waals surface area contributed by atoms with Gasteiger partial charge in [-0.3, -0.25) is 19.4 Å². The average molecular weight is 848 g/mol. The molecule has 5 N–H and O–H groups in total. The highest BCUT2D eigenvalue weighted by Gasteiger charge is 2.42. The van der Waals surface area contributed by atoms with Crippen LogP contribution in [0.5, 0.6) is 23.1 Å². The van der Waals surface area contributed by atoms with Gasteiger partial charge < -0.3 is 39.4 Å². The maximum absolute atomic E-state index is 13.3. The molecule has 3 aromatic rings. The van der Waals surface area contributed by atoms with Crippen molar-refractivity contribution in [2.24, 2.45) is 23.7 Å². The summed E-state index contributed by atoms with van der Waals surface area (Å²) in [6.07, 6.45) is 6.29. The number of hydrogen-bond acceptors (Lipinski definition) is 12. The molecule has 13 heteroatoms. The van der Waals surface area contributed by atoms with Gasteiger partial charge in [0.15, 0.2) is 0 Å². The minimum absolute atomic E-state index is 0.00618. The highest BCUT2D eigenvalue weighted by atomic mass is 32.1. The van der Waals surface area contributed by atoms with E-state index in [1.54, 1.807) is 0 Å². The number of nitrogens with one attached hydrogen (secondary N) is 1. The molecule has 0 amide bonds. The Balaban J connectivity index is 1.01. The van der Waals surface area contributed by atoms with Crippen molar-refractivity contribution < 1.29 is 49.0 Å². The topological polar surface area (TPSA) is 185 Å². The maximum Gasteiger partial charge on any atom is 0.313 e. The van der Waals surface area contributed by atoms with Gasteiger partial charge in [-0.15, -0.1) is 0 Å². The molecule has 1 aromatic heterocycles. The van der Waals surface area contributed by atoms with E-state index in [1.807, 2.05) is 78.0 Å². The normalized spacial score (nSPS) is 24.9. The number of carbonyl (C=O) groups is 2. The summed E-state index contributed by atoms with van der Waals surface area (Å²) >= 11 is 0.988. The Morgan fingerprint density at radius 1 is 1.08 bits per heavy atom. The number of aromatic amines is 1. The molecule has 12 nitrogen and oxygen atoms in total. The molecule has 0 fully saturated rings. The van der Waals surface area contributed by atoms with E-state index in [1.165, 1.54) is 0 Å². The lowest BCUT2D eigenvalue weighted by atomic mass is 9.66. The molecule has 9 atom stereocenters. The number of ether oxygens (including phenoxy) is 4. The number of fused-ring (bicyclic) bond motifs is 2. The molecular formula is C47H61NO11S. The van der Waals surface area contributed by atoms with E-state index in [2.05, 4.69) is 18.0 Å². The van der Waals surface area contributed by atoms with Crippen molar-refractivity contribution in [1.29, 1.82) is 0 Å². The molecule has 326 valence electrons. The van der Waals surface area contributed by atoms with Crippen LogP contribution in [-0.2, 0) is 27.2 Å². The fourth-order valence-electron chi connectivity index (χ4n) is 8.80. The smallest absolute Gasteiger partial charge is 0.313 e. The van der Waals surface area contributed by atoms with Crippen LogP contribution in [0.15, 0.2) is 52.9 Å². The van der Waals surface area contributed by atoms with Gasteiger partial charge in [-0.1, -0.05) is 62.5 Å². The zero-order chi connectivity index (χ0) is 43.5. The summed E-state index contributed by atoms with van der Waals surface area (Å²) in [4.78, 5) is 40.3. The third kappa shape index (κ3) is 10.5. The van der Waals surface area contributed by atoms with Gasteiger partial charge in [-0.25, -0.2) is 0 Å². The molecule has 1 unspecified atom stereocenters. The summed E-state index contributed by atoms with van der Waals surface area (Å²) in [6, 6.07) is 7.52. The third-order valence-corrected chi connectivity index (χ3v) is 13.6. The van der Waals surface area contributed by atoms with E-state index < -0.39 is 36.0 Å². The Kier molecular flexibility index (Phi) is 14.4. The van der Waals surface area contributed by atoms with E-state index in [0.29, 0.717) is 67.9 Å². The van der Waals surface area contributed by atoms with E-state index >= 15 is 0 Å². The molecular weight excluding hydrogens is 787 g/mol. The molecule has 0 saturated carbocycles. The van der Waals surface area contributed by atoms with Gasteiger partial charge in [0.05, 0.1) is 35.5 Å². The first-order chi connectivity index (χ1) is 28.4. The molecule has 60 heavy (non-hydrogen) atoms. The number of hydrogen-bond donors (Lipinski definition) is 5. The number of aliphatic hydroxyl groups is 3. The van der Waals surface area contributed by atoms with Crippen molar-refractivity contribution in [3.05, 3.63) is 90.4 Å². The molecule has 2 heterocycles. The number of carbonyl (C=O) groups excluding carboxylic acids is 2. The summed E-state index contributed by atoms with van der Waals surface area (Å²) in [5, 5.41) is 42.4. The fourth-order valence-corrected chi connectivity index (χ4v) is 9.56. The molecule has 1 aliphatic heterocycles. The van der Waals surface area contributed by atoms with Crippen molar-refractivity contribution in [2.75, 3.05) is 6.61 Å². The molecule has 3 aliphatic rings. The minimum atomic E-state index is -1.11. The lowest BCUT2D eigenvalue weighted by Gasteiger charge is -2.43. The van der Waals surface area contributed by atoms with Crippen LogP contribution in [0, 0.1) is 44.4 Å². The van der Waals surface area contributed by atoms with Crippen LogP contribution in [0.2, 0.25) is 0 Å². The van der Waals surface area contributed by atoms with E-state index in [4.69, 9.17) is 18.9 Å². The third-order valence-electron chi connectivity index (χ3n) is 12.7. The van der Waals surface area contributed by atoms with Crippen molar-refractivity contribution in [3.8, 4) is 23.1 Å². The van der Waals surface area contributed by atoms with Crippen LogP contribution in [0.3, 0.4) is 0 Å². The van der Waals surface area contributed by atoms with E-state index in [0.717, 1.165) is 50.5 Å². The van der Waals surface area contributed by atoms with E-state index in [9.17, 15) is 34.8 Å². The first-order valence-electron chi connectivity index (χ1n) is 21.2. The molecule has 0 radical (unpaired) electrons. The van der Waals surface area contributed by atoms with Gasteiger partial charge in [0.2, 0.25) is 5.88 Å². The van der Waals surface area contributed by atoms with Crippen molar-refractivity contribution in [2.45, 2.75) is 136 Å². The van der Waals surface area contributed by atoms with Gasteiger partial charge in [0, 0.05) is 24.3 Å². The first-order valence-corrected chi connectivity index (χ1v) is 22.1.